The Balaban J connectivity index is 1.48. The summed E-state index contributed by atoms with van der Waals surface area (Å²) in [6.07, 6.45) is 1.90. The first kappa shape index (κ1) is 21.2. The summed E-state index contributed by atoms with van der Waals surface area (Å²) >= 11 is 0. The van der Waals surface area contributed by atoms with Crippen LogP contribution in [0.3, 0.4) is 0 Å². The molecule has 2 heterocycles. The number of rotatable bonds is 6. The van der Waals surface area contributed by atoms with Gasteiger partial charge in [0.1, 0.15) is 18.1 Å². The van der Waals surface area contributed by atoms with E-state index in [-0.39, 0.29) is 24.3 Å². The van der Waals surface area contributed by atoms with Crippen molar-refractivity contribution in [2.24, 2.45) is 0 Å². The summed E-state index contributed by atoms with van der Waals surface area (Å²) in [7, 11) is 3.74. The Hall–Kier alpha value is -3.06. The number of fused-ring (bicyclic) bond motifs is 1. The molecule has 1 aromatic heterocycles. The summed E-state index contributed by atoms with van der Waals surface area (Å²) in [5, 5.41) is 4.07. The van der Waals surface area contributed by atoms with E-state index in [9.17, 15) is 9.18 Å². The van der Waals surface area contributed by atoms with Crippen molar-refractivity contribution in [1.82, 2.24) is 14.8 Å². The molecule has 0 bridgehead atoms. The maximum absolute atomic E-state index is 14.1. The number of hydrogen-bond acceptors (Lipinski definition) is 4. The van der Waals surface area contributed by atoms with Crippen LogP contribution in [-0.2, 0) is 11.3 Å². The second-order valence-corrected chi connectivity index (χ2v) is 8.15. The lowest BCUT2D eigenvalue weighted by atomic mass is 10.0. The van der Waals surface area contributed by atoms with E-state index in [0.717, 1.165) is 54.1 Å². The highest BCUT2D eigenvalue weighted by Crippen LogP contribution is 2.28. The number of piperazine rings is 1. The van der Waals surface area contributed by atoms with E-state index in [0.29, 0.717) is 0 Å². The standard InChI is InChI=1S/C24H29FN4O2/c1-17(21-15-19(25)4-6-23(21)28-12-10-27(2)11-13-28)26-24(30)16-29-9-8-18-14-20(31-3)5-7-22(18)29/h4-9,14-15,17H,10-13,16H2,1-3H3,(H,26,30). The van der Waals surface area contributed by atoms with Crippen LogP contribution >= 0.6 is 0 Å². The Morgan fingerprint density at radius 1 is 1.13 bits per heavy atom. The molecule has 2 aromatic carbocycles. The van der Waals surface area contributed by atoms with E-state index in [2.05, 4.69) is 22.2 Å². The molecule has 4 rings (SSSR count). The molecule has 0 aliphatic carbocycles. The quantitative estimate of drug-likeness (QED) is 0.659. The fourth-order valence-corrected chi connectivity index (χ4v) is 4.17. The number of methoxy groups -OCH3 is 1. The van der Waals surface area contributed by atoms with Gasteiger partial charge in [-0.3, -0.25) is 4.79 Å². The molecule has 7 heteroatoms. The van der Waals surface area contributed by atoms with Crippen LogP contribution in [0.2, 0.25) is 0 Å². The highest BCUT2D eigenvalue weighted by atomic mass is 19.1. The van der Waals surface area contributed by atoms with E-state index >= 15 is 0 Å². The minimum atomic E-state index is -0.306. The summed E-state index contributed by atoms with van der Waals surface area (Å²) in [6, 6.07) is 12.3. The lowest BCUT2D eigenvalue weighted by Gasteiger charge is -2.36. The van der Waals surface area contributed by atoms with Gasteiger partial charge >= 0.3 is 0 Å². The van der Waals surface area contributed by atoms with Gasteiger partial charge in [-0.1, -0.05) is 0 Å². The van der Waals surface area contributed by atoms with Gasteiger partial charge in [-0.15, -0.1) is 0 Å². The van der Waals surface area contributed by atoms with Gasteiger partial charge < -0.3 is 24.4 Å². The van der Waals surface area contributed by atoms with E-state index in [1.165, 1.54) is 12.1 Å². The summed E-state index contributed by atoms with van der Waals surface area (Å²) in [5.74, 6) is 0.375. The SMILES string of the molecule is COc1ccc2c(ccn2CC(=O)NC(C)c2cc(F)ccc2N2CCN(C)CC2)c1. The molecule has 1 saturated heterocycles. The number of amides is 1. The van der Waals surface area contributed by atoms with Crippen LogP contribution in [0.5, 0.6) is 5.75 Å². The fourth-order valence-electron chi connectivity index (χ4n) is 4.17. The van der Waals surface area contributed by atoms with Gasteiger partial charge in [0.2, 0.25) is 5.91 Å². The molecular formula is C24H29FN4O2. The van der Waals surface area contributed by atoms with Crippen molar-refractivity contribution in [3.05, 3.63) is 60.0 Å². The number of anilines is 1. The predicted octanol–water partition coefficient (Wildman–Crippen LogP) is 3.42. The lowest BCUT2D eigenvalue weighted by Crippen LogP contribution is -2.45. The number of nitrogens with one attached hydrogen (secondary N) is 1. The second-order valence-electron chi connectivity index (χ2n) is 8.15. The Kier molecular flexibility index (Phi) is 6.13. The predicted molar refractivity (Wildman–Crippen MR) is 121 cm³/mol. The molecule has 1 N–H and O–H groups in total. The number of aromatic nitrogens is 1. The van der Waals surface area contributed by atoms with Crippen LogP contribution in [0.15, 0.2) is 48.7 Å². The average Bonchev–Trinajstić information content (AvgIpc) is 3.16. The first-order chi connectivity index (χ1) is 14.9. The minimum Gasteiger partial charge on any atom is -0.497 e. The van der Waals surface area contributed by atoms with E-state index < -0.39 is 0 Å². The maximum Gasteiger partial charge on any atom is 0.240 e. The number of likely N-dealkylation sites (N-methyl/N-ethyl adjacent to an activating group) is 1. The van der Waals surface area contributed by atoms with Crippen LogP contribution in [0, 0.1) is 5.82 Å². The molecule has 1 amide bonds. The van der Waals surface area contributed by atoms with Crippen molar-refractivity contribution in [1.29, 1.82) is 0 Å². The molecule has 1 fully saturated rings. The number of carbonyl (C=O) groups is 1. The summed E-state index contributed by atoms with van der Waals surface area (Å²) < 4.78 is 21.2. The molecule has 1 atom stereocenters. The topological polar surface area (TPSA) is 49.7 Å². The van der Waals surface area contributed by atoms with Gasteiger partial charge in [0.15, 0.2) is 0 Å². The summed E-state index contributed by atoms with van der Waals surface area (Å²) in [5.41, 5.74) is 2.76. The molecule has 1 aliphatic heterocycles. The van der Waals surface area contributed by atoms with Gasteiger partial charge in [-0.05, 0) is 56.4 Å². The number of benzene rings is 2. The molecule has 164 valence electrons. The molecule has 0 saturated carbocycles. The third-order valence-corrected chi connectivity index (χ3v) is 5.97. The van der Waals surface area contributed by atoms with Gasteiger partial charge in [-0.2, -0.15) is 0 Å². The average molecular weight is 425 g/mol. The largest absolute Gasteiger partial charge is 0.497 e. The highest BCUT2D eigenvalue weighted by molar-refractivity contribution is 5.84. The number of hydrogen-bond donors (Lipinski definition) is 1. The smallest absolute Gasteiger partial charge is 0.240 e. The molecule has 0 radical (unpaired) electrons. The molecule has 1 unspecified atom stereocenters. The molecule has 0 spiro atoms. The first-order valence-corrected chi connectivity index (χ1v) is 10.6. The molecular weight excluding hydrogens is 395 g/mol. The fraction of sp³-hybridized carbons (Fsp3) is 0.375. The zero-order valence-corrected chi connectivity index (χ0v) is 18.3. The zero-order valence-electron chi connectivity index (χ0n) is 18.3. The monoisotopic (exact) mass is 424 g/mol. The number of ether oxygens (including phenoxy) is 1. The van der Waals surface area contributed by atoms with Crippen LogP contribution in [0.1, 0.15) is 18.5 Å². The van der Waals surface area contributed by atoms with Crippen LogP contribution in [-0.4, -0.2) is 55.7 Å². The molecule has 31 heavy (non-hydrogen) atoms. The second kappa shape index (κ2) is 8.98. The van der Waals surface area contributed by atoms with Gasteiger partial charge in [0.05, 0.1) is 13.2 Å². The first-order valence-electron chi connectivity index (χ1n) is 10.6. The van der Waals surface area contributed by atoms with Crippen molar-refractivity contribution < 1.29 is 13.9 Å². The normalized spacial score (nSPS) is 15.8. The van der Waals surface area contributed by atoms with E-state index in [1.54, 1.807) is 7.11 Å². The van der Waals surface area contributed by atoms with E-state index in [4.69, 9.17) is 4.74 Å². The van der Waals surface area contributed by atoms with Gasteiger partial charge in [0.25, 0.3) is 0 Å². The summed E-state index contributed by atoms with van der Waals surface area (Å²) in [4.78, 5) is 17.4. The van der Waals surface area contributed by atoms with E-state index in [1.807, 2.05) is 48.0 Å². The number of nitrogens with zero attached hydrogens (tertiary/aromatic N) is 3. The number of halogens is 1. The van der Waals surface area contributed by atoms with Crippen molar-refractivity contribution in [2.45, 2.75) is 19.5 Å². The Labute approximate surface area is 182 Å². The number of carbonyl (C=O) groups excluding carboxylic acids is 1. The zero-order chi connectivity index (χ0) is 22.0. The Morgan fingerprint density at radius 3 is 2.65 bits per heavy atom. The van der Waals surface area contributed by atoms with Gasteiger partial charge in [0, 0.05) is 54.5 Å². The van der Waals surface area contributed by atoms with Crippen LogP contribution in [0.4, 0.5) is 10.1 Å². The third kappa shape index (κ3) is 4.66. The van der Waals surface area contributed by atoms with Crippen LogP contribution < -0.4 is 15.0 Å². The summed E-state index contributed by atoms with van der Waals surface area (Å²) in [6.45, 7) is 5.79. The molecule has 6 nitrogen and oxygen atoms in total. The molecule has 3 aromatic rings. The Morgan fingerprint density at radius 2 is 1.90 bits per heavy atom. The lowest BCUT2D eigenvalue weighted by molar-refractivity contribution is -0.122. The third-order valence-electron chi connectivity index (χ3n) is 5.97. The maximum atomic E-state index is 14.1. The minimum absolute atomic E-state index is 0.116. The highest BCUT2D eigenvalue weighted by Gasteiger charge is 2.21. The van der Waals surface area contributed by atoms with Crippen molar-refractivity contribution in [3.8, 4) is 5.75 Å². The van der Waals surface area contributed by atoms with Gasteiger partial charge in [-0.25, -0.2) is 4.39 Å². The van der Waals surface area contributed by atoms with Crippen molar-refractivity contribution in [2.75, 3.05) is 45.2 Å². The van der Waals surface area contributed by atoms with Crippen molar-refractivity contribution >= 4 is 22.5 Å². The van der Waals surface area contributed by atoms with Crippen molar-refractivity contribution in [3.63, 3.8) is 0 Å². The molecule has 1 aliphatic rings. The Bertz CT molecular complexity index is 1070. The van der Waals surface area contributed by atoms with Crippen LogP contribution in [0.25, 0.3) is 10.9 Å².